The lowest BCUT2D eigenvalue weighted by molar-refractivity contribution is -0.136. The summed E-state index contributed by atoms with van der Waals surface area (Å²) in [6, 6.07) is 36.1. The first-order chi connectivity index (χ1) is 28.8. The molecule has 0 unspecified atom stereocenters. The molecule has 0 saturated heterocycles. The molecule has 0 saturated carbocycles. The predicted molar refractivity (Wildman–Crippen MR) is 241 cm³/mol. The zero-order valence-corrected chi connectivity index (χ0v) is 36.6. The van der Waals surface area contributed by atoms with Crippen LogP contribution in [-0.4, -0.2) is 64.5 Å². The average molecular weight is 818 g/mol. The summed E-state index contributed by atoms with van der Waals surface area (Å²) >= 11 is 0. The smallest absolute Gasteiger partial charge is 0.325 e. The molecule has 0 aliphatic rings. The molecule has 4 aromatic rings. The summed E-state index contributed by atoms with van der Waals surface area (Å²) in [5.41, 5.74) is 3.62. The Kier molecular flexibility index (Phi) is 19.0. The molecule has 0 spiro atoms. The number of nitrogens with zero attached hydrogens (tertiary/aromatic N) is 2. The van der Waals surface area contributed by atoms with Gasteiger partial charge in [0.25, 0.3) is 0 Å². The third kappa shape index (κ3) is 14.4. The van der Waals surface area contributed by atoms with E-state index in [1.165, 1.54) is 4.90 Å². The van der Waals surface area contributed by atoms with Crippen molar-refractivity contribution in [2.24, 2.45) is 23.7 Å². The summed E-state index contributed by atoms with van der Waals surface area (Å²) in [4.78, 5) is 59.9. The van der Waals surface area contributed by atoms with Gasteiger partial charge in [-0.2, -0.15) is 0 Å². The van der Waals surface area contributed by atoms with E-state index < -0.39 is 42.0 Å². The van der Waals surface area contributed by atoms with Crippen LogP contribution in [0.5, 0.6) is 0 Å². The topological polar surface area (TPSA) is 131 Å². The third-order valence-electron chi connectivity index (χ3n) is 11.2. The number of amides is 5. The van der Waals surface area contributed by atoms with E-state index in [4.69, 9.17) is 0 Å². The fourth-order valence-electron chi connectivity index (χ4n) is 7.48. The molecule has 6 atom stereocenters. The first-order valence-electron chi connectivity index (χ1n) is 21.6. The van der Waals surface area contributed by atoms with Crippen LogP contribution in [0.2, 0.25) is 0 Å². The standard InChI is InChI=1S/C50H67N5O5/c1-8-37(6)46(51-30-29-39-21-13-9-14-22-39)49(59)53-48(58)43(36(4)5)32-45(56)44(31-35(2)3)52-47(57)38(7)55(42-27-19-12-20-28-42)50(60)54(33-40-23-15-10-16-24-40)34-41-25-17-11-18-26-41/h9-28,35-38,43-46,51,56H,8,29-34H2,1-7H3,(H,52,57)(H,53,58,59)/t37-,38-,43-,44-,45-,46-/m0/s1. The molecule has 4 aromatic carbocycles. The molecule has 10 heteroatoms. The minimum atomic E-state index is -1.11. The SMILES string of the molecule is CC[C@H](C)[C@H](NCCc1ccccc1)C(=O)NC(=O)[C@@H](C[C@H](O)[C@H](CC(C)C)NC(=O)[C@H](C)N(C(=O)N(Cc1ccccc1)Cc1ccccc1)c1ccccc1)C(C)C. The van der Waals surface area contributed by atoms with E-state index in [-0.39, 0.29) is 36.1 Å². The second-order valence-electron chi connectivity index (χ2n) is 16.8. The maximum atomic E-state index is 14.8. The molecule has 0 aliphatic heterocycles. The maximum Gasteiger partial charge on any atom is 0.325 e. The number of anilines is 1. The van der Waals surface area contributed by atoms with Gasteiger partial charge >= 0.3 is 6.03 Å². The summed E-state index contributed by atoms with van der Waals surface area (Å²) in [6.45, 7) is 14.7. The molecule has 0 bridgehead atoms. The molecule has 0 fully saturated rings. The molecule has 60 heavy (non-hydrogen) atoms. The Labute approximate surface area is 358 Å². The van der Waals surface area contributed by atoms with Crippen molar-refractivity contribution in [2.45, 2.75) is 111 Å². The Balaban J connectivity index is 1.52. The number of benzene rings is 4. The van der Waals surface area contributed by atoms with Gasteiger partial charge in [0, 0.05) is 24.7 Å². The third-order valence-corrected chi connectivity index (χ3v) is 11.2. The van der Waals surface area contributed by atoms with Crippen LogP contribution in [0.3, 0.4) is 0 Å². The van der Waals surface area contributed by atoms with Gasteiger partial charge < -0.3 is 20.6 Å². The molecule has 4 rings (SSSR count). The number of aliphatic hydroxyl groups excluding tert-OH is 1. The van der Waals surface area contributed by atoms with Crippen molar-refractivity contribution in [1.82, 2.24) is 20.9 Å². The van der Waals surface area contributed by atoms with E-state index in [0.29, 0.717) is 31.7 Å². The van der Waals surface area contributed by atoms with E-state index in [1.807, 2.05) is 163 Å². The lowest BCUT2D eigenvalue weighted by Gasteiger charge is -2.36. The Morgan fingerprint density at radius 2 is 1.13 bits per heavy atom. The Bertz CT molecular complexity index is 1850. The summed E-state index contributed by atoms with van der Waals surface area (Å²) < 4.78 is 0. The van der Waals surface area contributed by atoms with Gasteiger partial charge in [-0.15, -0.1) is 0 Å². The first kappa shape index (κ1) is 47.4. The second kappa shape index (κ2) is 24.1. The average Bonchev–Trinajstić information content (AvgIpc) is 3.24. The maximum absolute atomic E-state index is 14.8. The highest BCUT2D eigenvalue weighted by Crippen LogP contribution is 2.25. The summed E-state index contributed by atoms with van der Waals surface area (Å²) in [6.07, 6.45) is 0.840. The van der Waals surface area contributed by atoms with Gasteiger partial charge in [0.15, 0.2) is 0 Å². The number of imide groups is 1. The van der Waals surface area contributed by atoms with E-state index >= 15 is 0 Å². The Hall–Kier alpha value is -5.32. The molecular formula is C50H67N5O5. The van der Waals surface area contributed by atoms with Crippen LogP contribution in [0.1, 0.15) is 84.4 Å². The number of carbonyl (C=O) groups is 4. The molecule has 0 radical (unpaired) electrons. The van der Waals surface area contributed by atoms with Crippen LogP contribution in [0, 0.1) is 23.7 Å². The molecular weight excluding hydrogens is 751 g/mol. The van der Waals surface area contributed by atoms with Crippen LogP contribution < -0.4 is 20.9 Å². The number of hydrogen-bond donors (Lipinski definition) is 4. The highest BCUT2D eigenvalue weighted by molar-refractivity contribution is 6.00. The van der Waals surface area contributed by atoms with Crippen molar-refractivity contribution < 1.29 is 24.3 Å². The number of urea groups is 1. The van der Waals surface area contributed by atoms with Crippen LogP contribution in [0.25, 0.3) is 0 Å². The fraction of sp³-hybridized carbons (Fsp3) is 0.440. The Morgan fingerprint density at radius 3 is 1.62 bits per heavy atom. The minimum Gasteiger partial charge on any atom is -0.391 e. The van der Waals surface area contributed by atoms with Gasteiger partial charge in [0.1, 0.15) is 6.04 Å². The second-order valence-corrected chi connectivity index (χ2v) is 16.8. The van der Waals surface area contributed by atoms with Gasteiger partial charge in [0.2, 0.25) is 17.7 Å². The monoisotopic (exact) mass is 818 g/mol. The number of carbonyl (C=O) groups excluding carboxylic acids is 4. The molecule has 4 N–H and O–H groups in total. The predicted octanol–water partition coefficient (Wildman–Crippen LogP) is 8.15. The summed E-state index contributed by atoms with van der Waals surface area (Å²) in [7, 11) is 0. The van der Waals surface area contributed by atoms with Crippen LogP contribution in [-0.2, 0) is 33.9 Å². The van der Waals surface area contributed by atoms with Gasteiger partial charge in [-0.3, -0.25) is 24.6 Å². The highest BCUT2D eigenvalue weighted by Gasteiger charge is 2.36. The lowest BCUT2D eigenvalue weighted by atomic mass is 9.85. The summed E-state index contributed by atoms with van der Waals surface area (Å²) in [5.74, 6) is -2.12. The van der Waals surface area contributed by atoms with Crippen LogP contribution >= 0.6 is 0 Å². The van der Waals surface area contributed by atoms with Gasteiger partial charge in [0.05, 0.1) is 18.2 Å². The zero-order valence-electron chi connectivity index (χ0n) is 36.6. The zero-order chi connectivity index (χ0) is 43.6. The van der Waals surface area contributed by atoms with Crippen molar-refractivity contribution >= 4 is 29.4 Å². The van der Waals surface area contributed by atoms with Crippen LogP contribution in [0.15, 0.2) is 121 Å². The lowest BCUT2D eigenvalue weighted by Crippen LogP contribution is -2.56. The molecule has 0 aliphatic carbocycles. The molecule has 322 valence electrons. The van der Waals surface area contributed by atoms with Crippen molar-refractivity contribution in [3.8, 4) is 0 Å². The van der Waals surface area contributed by atoms with Gasteiger partial charge in [-0.1, -0.05) is 157 Å². The van der Waals surface area contributed by atoms with Crippen molar-refractivity contribution in [1.29, 1.82) is 0 Å². The Morgan fingerprint density at radius 1 is 0.633 bits per heavy atom. The van der Waals surface area contributed by atoms with E-state index in [2.05, 4.69) is 16.0 Å². The van der Waals surface area contributed by atoms with Gasteiger partial charge in [-0.25, -0.2) is 4.79 Å². The first-order valence-corrected chi connectivity index (χ1v) is 21.6. The van der Waals surface area contributed by atoms with Crippen molar-refractivity contribution in [3.05, 3.63) is 138 Å². The number of rotatable bonds is 22. The number of nitrogens with one attached hydrogen (secondary N) is 3. The van der Waals surface area contributed by atoms with E-state index in [1.54, 1.807) is 11.8 Å². The normalized spacial score (nSPS) is 14.4. The van der Waals surface area contributed by atoms with Crippen molar-refractivity contribution in [2.75, 3.05) is 11.4 Å². The number of aliphatic hydroxyl groups is 1. The van der Waals surface area contributed by atoms with E-state index in [0.717, 1.165) is 29.5 Å². The van der Waals surface area contributed by atoms with Gasteiger partial charge in [-0.05, 0) is 79.3 Å². The highest BCUT2D eigenvalue weighted by atomic mass is 16.3. The minimum absolute atomic E-state index is 0.0182. The molecule has 0 heterocycles. The number of hydrogen-bond acceptors (Lipinski definition) is 6. The molecule has 0 aromatic heterocycles. The van der Waals surface area contributed by atoms with Crippen LogP contribution in [0.4, 0.5) is 10.5 Å². The summed E-state index contributed by atoms with van der Waals surface area (Å²) in [5, 5.41) is 21.0. The number of para-hydroxylation sites is 1. The van der Waals surface area contributed by atoms with Crippen molar-refractivity contribution in [3.63, 3.8) is 0 Å². The largest absolute Gasteiger partial charge is 0.391 e. The van der Waals surface area contributed by atoms with E-state index in [9.17, 15) is 24.3 Å². The fourth-order valence-corrected chi connectivity index (χ4v) is 7.48. The molecule has 10 nitrogen and oxygen atoms in total. The molecule has 5 amide bonds. The quantitative estimate of drug-likeness (QED) is 0.0634.